The summed E-state index contributed by atoms with van der Waals surface area (Å²) >= 11 is 2.20. The predicted molar refractivity (Wildman–Crippen MR) is 59.7 cm³/mol. The summed E-state index contributed by atoms with van der Waals surface area (Å²) in [5.41, 5.74) is 0.569. The second kappa shape index (κ2) is 2.69. The fourth-order valence-electron chi connectivity index (χ4n) is 3.94. The fourth-order valence-corrected chi connectivity index (χ4v) is 5.44. The molecule has 0 aromatic carbocycles. The first-order chi connectivity index (χ1) is 6.83. The maximum Gasteiger partial charge on any atom is 0.0315 e. The van der Waals surface area contributed by atoms with Crippen molar-refractivity contribution in [3.8, 4) is 0 Å². The monoisotopic (exact) mass is 210 g/mol. The molecule has 0 radical (unpaired) electrons. The molecular formula is C11H18N2S. The molecule has 1 N–H and O–H groups in total. The number of hydrogen-bond donors (Lipinski definition) is 1. The summed E-state index contributed by atoms with van der Waals surface area (Å²) in [6.07, 6.45) is 4.41. The molecule has 1 aliphatic carbocycles. The number of likely N-dealkylation sites (tertiary alicyclic amines) is 1. The second-order valence-corrected chi connectivity index (χ2v) is 7.04. The van der Waals surface area contributed by atoms with Crippen LogP contribution < -0.4 is 5.32 Å². The zero-order valence-electron chi connectivity index (χ0n) is 8.54. The average molecular weight is 210 g/mol. The molecule has 1 saturated carbocycles. The first kappa shape index (κ1) is 8.43. The minimum absolute atomic E-state index is 0.569. The molecule has 0 aromatic heterocycles. The largest absolute Gasteiger partial charge is 0.310 e. The molecule has 3 heteroatoms. The van der Waals surface area contributed by atoms with Crippen LogP contribution >= 0.6 is 11.8 Å². The molecule has 4 bridgehead atoms. The SMILES string of the molecule is C1NC2(CN3C[C@@H]4C[C@H]3CS4)CC1C2. The van der Waals surface area contributed by atoms with E-state index in [0.29, 0.717) is 5.54 Å². The topological polar surface area (TPSA) is 15.3 Å². The zero-order valence-corrected chi connectivity index (χ0v) is 9.35. The number of hydrogen-bond acceptors (Lipinski definition) is 3. The Balaban J connectivity index is 1.46. The third-order valence-corrected chi connectivity index (χ3v) is 6.03. The molecule has 5 aliphatic rings. The summed E-state index contributed by atoms with van der Waals surface area (Å²) in [7, 11) is 0. The smallest absolute Gasteiger partial charge is 0.0315 e. The molecule has 0 aromatic rings. The van der Waals surface area contributed by atoms with E-state index in [1.165, 1.54) is 44.6 Å². The molecule has 5 rings (SSSR count). The van der Waals surface area contributed by atoms with Crippen LogP contribution in [-0.2, 0) is 0 Å². The Hall–Kier alpha value is 0.270. The van der Waals surface area contributed by atoms with Crippen LogP contribution in [0.25, 0.3) is 0 Å². The van der Waals surface area contributed by atoms with Crippen molar-refractivity contribution < 1.29 is 0 Å². The molecule has 0 amide bonds. The van der Waals surface area contributed by atoms with Crippen LogP contribution in [0.1, 0.15) is 19.3 Å². The Kier molecular flexibility index (Phi) is 1.62. The highest BCUT2D eigenvalue weighted by atomic mass is 32.2. The Morgan fingerprint density at radius 3 is 2.93 bits per heavy atom. The summed E-state index contributed by atoms with van der Waals surface area (Å²) in [5, 5.41) is 4.73. The number of nitrogens with zero attached hydrogens (tertiary/aromatic N) is 1. The molecule has 2 atom stereocenters. The van der Waals surface area contributed by atoms with Gasteiger partial charge in [-0.2, -0.15) is 11.8 Å². The molecule has 0 spiro atoms. The fraction of sp³-hybridized carbons (Fsp3) is 1.00. The number of thioether (sulfide) groups is 1. The van der Waals surface area contributed by atoms with Crippen molar-refractivity contribution in [1.82, 2.24) is 10.2 Å². The van der Waals surface area contributed by atoms with Gasteiger partial charge >= 0.3 is 0 Å². The number of fused-ring (bicyclic) bond motifs is 3. The third kappa shape index (κ3) is 1.06. The lowest BCUT2D eigenvalue weighted by molar-refractivity contribution is 0.131. The van der Waals surface area contributed by atoms with Crippen LogP contribution in [0, 0.1) is 5.92 Å². The van der Waals surface area contributed by atoms with Gasteiger partial charge in [-0.1, -0.05) is 0 Å². The molecular weight excluding hydrogens is 192 g/mol. The van der Waals surface area contributed by atoms with E-state index in [1.807, 2.05) is 0 Å². The molecule has 4 heterocycles. The van der Waals surface area contributed by atoms with Crippen molar-refractivity contribution >= 4 is 11.8 Å². The first-order valence-corrected chi connectivity index (χ1v) is 6.99. The molecule has 2 nitrogen and oxygen atoms in total. The summed E-state index contributed by atoms with van der Waals surface area (Å²) in [6.45, 7) is 4.03. The molecule has 78 valence electrons. The van der Waals surface area contributed by atoms with Gasteiger partial charge in [0, 0.05) is 35.7 Å². The van der Waals surface area contributed by atoms with E-state index >= 15 is 0 Å². The van der Waals surface area contributed by atoms with Gasteiger partial charge < -0.3 is 5.32 Å². The van der Waals surface area contributed by atoms with E-state index in [-0.39, 0.29) is 0 Å². The molecule has 14 heavy (non-hydrogen) atoms. The van der Waals surface area contributed by atoms with Crippen molar-refractivity contribution in [1.29, 1.82) is 0 Å². The summed E-state index contributed by atoms with van der Waals surface area (Å²) < 4.78 is 0. The van der Waals surface area contributed by atoms with Crippen molar-refractivity contribution in [2.45, 2.75) is 36.1 Å². The second-order valence-electron chi connectivity index (χ2n) is 5.71. The Bertz CT molecular complexity index is 257. The van der Waals surface area contributed by atoms with Gasteiger partial charge in [0.25, 0.3) is 0 Å². The number of rotatable bonds is 2. The van der Waals surface area contributed by atoms with Crippen LogP contribution in [0.5, 0.6) is 0 Å². The van der Waals surface area contributed by atoms with Crippen LogP contribution in [-0.4, -0.2) is 47.1 Å². The van der Waals surface area contributed by atoms with E-state index < -0.39 is 0 Å². The number of nitrogens with one attached hydrogen (secondary N) is 1. The lowest BCUT2D eigenvalue weighted by Crippen LogP contribution is -2.54. The summed E-state index contributed by atoms with van der Waals surface area (Å²) in [4.78, 5) is 2.77. The maximum atomic E-state index is 3.74. The van der Waals surface area contributed by atoms with E-state index in [2.05, 4.69) is 22.0 Å². The summed E-state index contributed by atoms with van der Waals surface area (Å²) in [6, 6.07) is 0.931. The highest BCUT2D eigenvalue weighted by Crippen LogP contribution is 2.46. The van der Waals surface area contributed by atoms with Crippen LogP contribution in [0.2, 0.25) is 0 Å². The van der Waals surface area contributed by atoms with Crippen LogP contribution in [0.3, 0.4) is 0 Å². The first-order valence-electron chi connectivity index (χ1n) is 5.94. The lowest BCUT2D eigenvalue weighted by Gasteiger charge is -2.42. The molecule has 0 unspecified atom stereocenters. The zero-order chi connectivity index (χ0) is 9.17. The average Bonchev–Trinajstić information content (AvgIpc) is 2.77. The van der Waals surface area contributed by atoms with Gasteiger partial charge in [-0.3, -0.25) is 4.90 Å². The molecule has 5 fully saturated rings. The standard InChI is InChI=1S/C11H18N2S/c1-9-6-14-10(1)5-13(9)7-11-2-8(3-11)4-12-11/h8-10,12H,1-7H2/t8?,9-,10-,11?/m0/s1. The normalized spacial score (nSPS) is 55.3. The van der Waals surface area contributed by atoms with Gasteiger partial charge in [0.15, 0.2) is 0 Å². The van der Waals surface area contributed by atoms with E-state index in [9.17, 15) is 0 Å². The minimum atomic E-state index is 0.569. The van der Waals surface area contributed by atoms with Gasteiger partial charge in [-0.15, -0.1) is 0 Å². The molecule has 4 saturated heterocycles. The van der Waals surface area contributed by atoms with Gasteiger partial charge in [-0.05, 0) is 31.7 Å². The van der Waals surface area contributed by atoms with E-state index in [1.54, 1.807) is 0 Å². The van der Waals surface area contributed by atoms with Crippen LogP contribution in [0.4, 0.5) is 0 Å². The van der Waals surface area contributed by atoms with Gasteiger partial charge in [0.2, 0.25) is 0 Å². The lowest BCUT2D eigenvalue weighted by atomic mass is 9.73. The quantitative estimate of drug-likeness (QED) is 0.730. The Labute approximate surface area is 89.8 Å². The van der Waals surface area contributed by atoms with Gasteiger partial charge in [0.05, 0.1) is 0 Å². The van der Waals surface area contributed by atoms with Crippen molar-refractivity contribution in [3.63, 3.8) is 0 Å². The Morgan fingerprint density at radius 2 is 2.36 bits per heavy atom. The molecule has 4 aliphatic heterocycles. The minimum Gasteiger partial charge on any atom is -0.310 e. The van der Waals surface area contributed by atoms with Crippen molar-refractivity contribution in [2.24, 2.45) is 5.92 Å². The van der Waals surface area contributed by atoms with Gasteiger partial charge in [0.1, 0.15) is 0 Å². The highest BCUT2D eigenvalue weighted by Gasteiger charge is 2.52. The maximum absolute atomic E-state index is 3.74. The predicted octanol–water partition coefficient (Wildman–Crippen LogP) is 0.928. The van der Waals surface area contributed by atoms with Crippen molar-refractivity contribution in [3.05, 3.63) is 0 Å². The van der Waals surface area contributed by atoms with E-state index in [4.69, 9.17) is 0 Å². The summed E-state index contributed by atoms with van der Waals surface area (Å²) in [5.74, 6) is 2.44. The third-order valence-electron chi connectivity index (χ3n) is 4.64. The van der Waals surface area contributed by atoms with Gasteiger partial charge in [-0.25, -0.2) is 0 Å². The van der Waals surface area contributed by atoms with Crippen LogP contribution in [0.15, 0.2) is 0 Å². The van der Waals surface area contributed by atoms with Crippen molar-refractivity contribution in [2.75, 3.05) is 25.4 Å². The highest BCUT2D eigenvalue weighted by molar-refractivity contribution is 8.00. The Morgan fingerprint density at radius 1 is 1.43 bits per heavy atom. The van der Waals surface area contributed by atoms with E-state index in [0.717, 1.165) is 17.2 Å².